The SMILES string of the molecule is C[C@H](NP(=O)(Oc1ccc(Cl)cc1I)Oc1cccc2ccccc12)C(=O)OCc1ccccc1. The van der Waals surface area contributed by atoms with Crippen molar-refractivity contribution in [1.29, 1.82) is 0 Å². The number of benzene rings is 4. The molecule has 0 saturated heterocycles. The summed E-state index contributed by atoms with van der Waals surface area (Å²) >= 11 is 8.09. The normalized spacial score (nSPS) is 13.6. The summed E-state index contributed by atoms with van der Waals surface area (Å²) in [5.74, 6) is 0.0636. The van der Waals surface area contributed by atoms with E-state index in [1.54, 1.807) is 37.3 Å². The van der Waals surface area contributed by atoms with Crippen LogP contribution in [-0.4, -0.2) is 12.0 Å². The highest BCUT2D eigenvalue weighted by atomic mass is 127. The first kappa shape index (κ1) is 25.5. The fourth-order valence-electron chi connectivity index (χ4n) is 3.30. The molecule has 0 radical (unpaired) electrons. The standard InChI is InChI=1S/C26H22ClINO5P/c1-18(26(30)32-17-19-8-3-2-4-9-19)29-35(31,34-25-15-14-21(27)16-23(25)28)33-24-13-7-11-20-10-5-6-12-22(20)24/h2-16,18H,17H2,1H3,(H,29,31)/t18-,35?/m0/s1. The van der Waals surface area contributed by atoms with Gasteiger partial charge in [-0.2, -0.15) is 5.09 Å². The molecule has 0 heterocycles. The van der Waals surface area contributed by atoms with Gasteiger partial charge in [0.2, 0.25) is 0 Å². The third-order valence-corrected chi connectivity index (χ3v) is 7.67. The van der Waals surface area contributed by atoms with Gasteiger partial charge < -0.3 is 13.8 Å². The minimum absolute atomic E-state index is 0.0934. The highest BCUT2D eigenvalue weighted by Crippen LogP contribution is 2.48. The van der Waals surface area contributed by atoms with E-state index in [2.05, 4.69) is 5.09 Å². The summed E-state index contributed by atoms with van der Waals surface area (Å²) in [6.45, 7) is 1.64. The Balaban J connectivity index is 1.59. The molecule has 4 aromatic carbocycles. The van der Waals surface area contributed by atoms with Crippen LogP contribution in [0.1, 0.15) is 12.5 Å². The van der Waals surface area contributed by atoms with E-state index in [0.717, 1.165) is 16.3 Å². The molecule has 4 rings (SSSR count). The molecule has 0 aliphatic heterocycles. The zero-order valence-electron chi connectivity index (χ0n) is 18.7. The molecule has 0 aromatic heterocycles. The highest BCUT2D eigenvalue weighted by Gasteiger charge is 2.35. The predicted molar refractivity (Wildman–Crippen MR) is 146 cm³/mol. The monoisotopic (exact) mass is 621 g/mol. The summed E-state index contributed by atoms with van der Waals surface area (Å²) in [5, 5.41) is 4.91. The van der Waals surface area contributed by atoms with Crippen molar-refractivity contribution in [3.63, 3.8) is 0 Å². The van der Waals surface area contributed by atoms with Gasteiger partial charge in [-0.1, -0.05) is 78.3 Å². The van der Waals surface area contributed by atoms with Crippen LogP contribution in [0.2, 0.25) is 5.02 Å². The van der Waals surface area contributed by atoms with E-state index >= 15 is 0 Å². The van der Waals surface area contributed by atoms with E-state index < -0.39 is 19.8 Å². The Morgan fingerprint density at radius 1 is 0.943 bits per heavy atom. The molecular formula is C26H22ClINO5P. The third-order valence-electron chi connectivity index (χ3n) is 5.01. The van der Waals surface area contributed by atoms with Crippen LogP contribution in [0.5, 0.6) is 11.5 Å². The smallest absolute Gasteiger partial charge is 0.460 e. The lowest BCUT2D eigenvalue weighted by molar-refractivity contribution is -0.146. The first-order valence-electron chi connectivity index (χ1n) is 10.7. The number of halogens is 2. The second kappa shape index (κ2) is 11.4. The molecule has 0 fully saturated rings. The molecule has 2 atom stereocenters. The van der Waals surface area contributed by atoms with Crippen LogP contribution >= 0.6 is 41.9 Å². The van der Waals surface area contributed by atoms with Crippen molar-refractivity contribution in [2.24, 2.45) is 0 Å². The van der Waals surface area contributed by atoms with E-state index in [1.807, 2.05) is 83.3 Å². The van der Waals surface area contributed by atoms with E-state index in [9.17, 15) is 9.36 Å². The molecule has 0 aliphatic carbocycles. The van der Waals surface area contributed by atoms with Crippen LogP contribution in [0, 0.1) is 3.57 Å². The molecule has 0 saturated carbocycles. The predicted octanol–water partition coefficient (Wildman–Crippen LogP) is 7.39. The zero-order chi connectivity index (χ0) is 24.8. The van der Waals surface area contributed by atoms with Crippen LogP contribution in [0.15, 0.2) is 91.0 Å². The Labute approximate surface area is 222 Å². The van der Waals surface area contributed by atoms with Crippen molar-refractivity contribution in [1.82, 2.24) is 5.09 Å². The van der Waals surface area contributed by atoms with Crippen LogP contribution in [-0.2, 0) is 20.7 Å². The minimum atomic E-state index is -4.11. The maximum absolute atomic E-state index is 14.0. The highest BCUT2D eigenvalue weighted by molar-refractivity contribution is 14.1. The van der Waals surface area contributed by atoms with Gasteiger partial charge in [-0.25, -0.2) is 4.57 Å². The quantitative estimate of drug-likeness (QED) is 0.119. The summed E-state index contributed by atoms with van der Waals surface area (Å²) < 4.78 is 31.9. The number of rotatable bonds is 9. The number of carbonyl (C=O) groups excluding carboxylic acids is 1. The Bertz CT molecular complexity index is 1380. The fraction of sp³-hybridized carbons (Fsp3) is 0.115. The second-order valence-electron chi connectivity index (χ2n) is 7.68. The van der Waals surface area contributed by atoms with E-state index in [0.29, 0.717) is 20.1 Å². The number of ether oxygens (including phenoxy) is 1. The van der Waals surface area contributed by atoms with E-state index in [4.69, 9.17) is 25.4 Å². The lowest BCUT2D eigenvalue weighted by Crippen LogP contribution is -2.35. The lowest BCUT2D eigenvalue weighted by Gasteiger charge is -2.24. The Hall–Kier alpha value is -2.58. The van der Waals surface area contributed by atoms with Gasteiger partial charge in [0, 0.05) is 10.4 Å². The number of carbonyl (C=O) groups is 1. The van der Waals surface area contributed by atoms with Gasteiger partial charge in [0.05, 0.1) is 3.57 Å². The van der Waals surface area contributed by atoms with Crippen molar-refractivity contribution in [2.45, 2.75) is 19.6 Å². The number of esters is 1. The molecule has 0 spiro atoms. The summed E-state index contributed by atoms with van der Waals surface area (Å²) in [7, 11) is -4.11. The van der Waals surface area contributed by atoms with E-state index in [-0.39, 0.29) is 6.61 Å². The van der Waals surface area contributed by atoms with E-state index in [1.165, 1.54) is 0 Å². The fourth-order valence-corrected chi connectivity index (χ4v) is 6.01. The Kier molecular flexibility index (Phi) is 8.34. The van der Waals surface area contributed by atoms with Gasteiger partial charge in [-0.3, -0.25) is 4.79 Å². The summed E-state index contributed by atoms with van der Waals surface area (Å²) in [5.41, 5.74) is 0.843. The molecule has 0 bridgehead atoms. The van der Waals surface area contributed by atoms with Crippen molar-refractivity contribution < 1.29 is 23.1 Å². The second-order valence-corrected chi connectivity index (χ2v) is 10.9. The third kappa shape index (κ3) is 6.76. The van der Waals surface area contributed by atoms with Crippen LogP contribution in [0.3, 0.4) is 0 Å². The van der Waals surface area contributed by atoms with Crippen molar-refractivity contribution in [3.8, 4) is 11.5 Å². The van der Waals surface area contributed by atoms with Gasteiger partial charge in [0.25, 0.3) is 0 Å². The minimum Gasteiger partial charge on any atom is -0.460 e. The van der Waals surface area contributed by atoms with Crippen LogP contribution < -0.4 is 14.1 Å². The maximum Gasteiger partial charge on any atom is 0.513 e. The number of fused-ring (bicyclic) bond motifs is 1. The average molecular weight is 622 g/mol. The van der Waals surface area contributed by atoms with Crippen molar-refractivity contribution in [3.05, 3.63) is 105 Å². The number of hydrogen-bond donors (Lipinski definition) is 1. The van der Waals surface area contributed by atoms with Gasteiger partial charge in [0.15, 0.2) is 0 Å². The molecule has 0 aliphatic rings. The molecule has 1 N–H and O–H groups in total. The molecule has 6 nitrogen and oxygen atoms in total. The van der Waals surface area contributed by atoms with Gasteiger partial charge in [0.1, 0.15) is 24.1 Å². The Morgan fingerprint density at radius 2 is 1.63 bits per heavy atom. The largest absolute Gasteiger partial charge is 0.513 e. The number of nitrogens with one attached hydrogen (secondary N) is 1. The maximum atomic E-state index is 14.0. The lowest BCUT2D eigenvalue weighted by atomic mass is 10.1. The molecule has 4 aromatic rings. The van der Waals surface area contributed by atoms with Crippen LogP contribution in [0.4, 0.5) is 0 Å². The van der Waals surface area contributed by atoms with Gasteiger partial charge >= 0.3 is 13.7 Å². The van der Waals surface area contributed by atoms with Crippen LogP contribution in [0.25, 0.3) is 10.8 Å². The Morgan fingerprint density at radius 3 is 2.40 bits per heavy atom. The van der Waals surface area contributed by atoms with Gasteiger partial charge in [-0.15, -0.1) is 0 Å². The topological polar surface area (TPSA) is 73.9 Å². The molecule has 1 unspecified atom stereocenters. The summed E-state index contributed by atoms with van der Waals surface area (Å²) in [6, 6.07) is 26.2. The first-order chi connectivity index (χ1) is 16.8. The average Bonchev–Trinajstić information content (AvgIpc) is 2.85. The summed E-state index contributed by atoms with van der Waals surface area (Å²) in [4.78, 5) is 12.7. The molecular weight excluding hydrogens is 600 g/mol. The molecule has 35 heavy (non-hydrogen) atoms. The first-order valence-corrected chi connectivity index (χ1v) is 13.7. The molecule has 9 heteroatoms. The van der Waals surface area contributed by atoms with Crippen molar-refractivity contribution >= 4 is 58.7 Å². The summed E-state index contributed by atoms with van der Waals surface area (Å²) in [6.07, 6.45) is 0. The van der Waals surface area contributed by atoms with Gasteiger partial charge in [-0.05, 0) is 64.7 Å². The van der Waals surface area contributed by atoms with Crippen molar-refractivity contribution in [2.75, 3.05) is 0 Å². The molecule has 0 amide bonds. The molecule has 180 valence electrons. The zero-order valence-corrected chi connectivity index (χ0v) is 22.5. The number of hydrogen-bond acceptors (Lipinski definition) is 5.